The molecule has 0 aromatic heterocycles. The van der Waals surface area contributed by atoms with E-state index in [0.717, 1.165) is 11.1 Å². The monoisotopic (exact) mass is 783 g/mol. The van der Waals surface area contributed by atoms with Crippen LogP contribution in [0.15, 0.2) is 84.0 Å². The van der Waals surface area contributed by atoms with E-state index in [0.29, 0.717) is 62.2 Å². The van der Waals surface area contributed by atoms with Gasteiger partial charge in [-0.25, -0.2) is 4.79 Å². The fourth-order valence-corrected chi connectivity index (χ4v) is 10.4. The van der Waals surface area contributed by atoms with Crippen LogP contribution in [0.1, 0.15) is 44.7 Å². The second kappa shape index (κ2) is 14.5. The number of hydrogen-bond acceptors (Lipinski definition) is 12. The second-order valence-corrected chi connectivity index (χ2v) is 16.8. The number of likely N-dealkylation sites (N-methyl/N-ethyl adjacent to an activating group) is 1. The average Bonchev–Trinajstić information content (AvgIpc) is 3.49. The minimum absolute atomic E-state index is 0.105. The lowest BCUT2D eigenvalue weighted by Gasteiger charge is -2.59. The molecule has 3 aliphatic heterocycles. The average molecular weight is 784 g/mol. The Morgan fingerprint density at radius 3 is 2.58 bits per heavy atom. The van der Waals surface area contributed by atoms with Gasteiger partial charge in [0.25, 0.3) is 5.97 Å². The number of benzene rings is 2. The van der Waals surface area contributed by atoms with Crippen molar-refractivity contribution in [3.8, 4) is 11.5 Å². The molecule has 0 spiro atoms. The van der Waals surface area contributed by atoms with Gasteiger partial charge in [0.2, 0.25) is 0 Å². The molecule has 2 aromatic carbocycles. The lowest BCUT2D eigenvalue weighted by molar-refractivity contribution is -0.425. The molecule has 57 heavy (non-hydrogen) atoms. The van der Waals surface area contributed by atoms with Gasteiger partial charge in [-0.05, 0) is 85.7 Å². The molecule has 8 rings (SSSR count). The van der Waals surface area contributed by atoms with E-state index in [-0.39, 0.29) is 42.4 Å². The molecule has 1 amide bonds. The molecule has 6 aliphatic rings. The lowest BCUT2D eigenvalue weighted by Crippen LogP contribution is -2.70. The molecule has 3 heterocycles. The van der Waals surface area contributed by atoms with Crippen molar-refractivity contribution in [2.24, 2.45) is 23.5 Å². The summed E-state index contributed by atoms with van der Waals surface area (Å²) in [5.41, 5.74) is 5.45. The molecule has 13 nitrogen and oxygen atoms in total. The van der Waals surface area contributed by atoms with Crippen LogP contribution in [-0.4, -0.2) is 115 Å². The molecule has 1 unspecified atom stereocenters. The maximum Gasteiger partial charge on any atom is 0.415 e. The highest BCUT2D eigenvalue weighted by Crippen LogP contribution is 2.68. The number of methoxy groups -OCH3 is 1. The van der Waals surface area contributed by atoms with Crippen molar-refractivity contribution in [2.45, 2.75) is 81.4 Å². The summed E-state index contributed by atoms with van der Waals surface area (Å²) in [6, 6.07) is 14.6. The predicted molar refractivity (Wildman–Crippen MR) is 208 cm³/mol. The van der Waals surface area contributed by atoms with Gasteiger partial charge in [-0.3, -0.25) is 9.59 Å². The summed E-state index contributed by atoms with van der Waals surface area (Å²) in [5, 5.41) is 12.5. The van der Waals surface area contributed by atoms with Gasteiger partial charge in [0, 0.05) is 38.0 Å². The van der Waals surface area contributed by atoms with Crippen LogP contribution >= 0.6 is 0 Å². The van der Waals surface area contributed by atoms with Crippen LogP contribution in [0.5, 0.6) is 11.5 Å². The zero-order chi connectivity index (χ0) is 40.5. The Hall–Kier alpha value is -4.37. The lowest BCUT2D eigenvalue weighted by atomic mass is 9.54. The van der Waals surface area contributed by atoms with Gasteiger partial charge in [-0.15, -0.1) is 0 Å². The number of aliphatic hydroxyl groups is 1. The number of hydrogen-bond donors (Lipinski definition) is 2. The van der Waals surface area contributed by atoms with Crippen LogP contribution in [0, 0.1) is 17.8 Å². The molecule has 2 aromatic rings. The molecule has 3 aliphatic carbocycles. The molecule has 0 radical (unpaired) electrons. The summed E-state index contributed by atoms with van der Waals surface area (Å²) in [7, 11) is 3.44. The number of nitrogens with zero attached hydrogens (tertiary/aromatic N) is 2. The van der Waals surface area contributed by atoms with Crippen molar-refractivity contribution in [3.05, 3.63) is 95.1 Å². The number of carbonyl (C=O) groups excluding carboxylic acids is 3. The maximum absolute atomic E-state index is 13.9. The fourth-order valence-electron chi connectivity index (χ4n) is 10.4. The maximum atomic E-state index is 13.9. The van der Waals surface area contributed by atoms with E-state index in [9.17, 15) is 19.5 Å². The molecule has 3 bridgehead atoms. The second-order valence-electron chi connectivity index (χ2n) is 16.8. The van der Waals surface area contributed by atoms with Crippen LogP contribution in [-0.2, 0) is 41.4 Å². The summed E-state index contributed by atoms with van der Waals surface area (Å²) >= 11 is 0. The standard InChI is InChI=1S/C44H53N3O10/c1-26(2)42-20-28(4)44-33(39(42)55-43(56-42,57-44)22-29-10-8-7-9-11-29)17-31(21-41(51)36(44)16-27(3)38(41)49)25-53-37(48)19-30-12-13-34(35(18-30)52-6)54-40(50)47-15-14-46(5)24-32(47)23-45/h7-13,16,18,21,28,32-33,36,39,51H,1,14-15,17,19-20,22-25,45H2,2-6H3/t28-,32?,33+,36-,39-,41-,42-,43-,44-/m1/s1. The van der Waals surface area contributed by atoms with Gasteiger partial charge in [0.15, 0.2) is 22.9 Å². The van der Waals surface area contributed by atoms with Crippen molar-refractivity contribution in [2.75, 3.05) is 46.9 Å². The summed E-state index contributed by atoms with van der Waals surface area (Å²) in [4.78, 5) is 44.3. The van der Waals surface area contributed by atoms with E-state index in [2.05, 4.69) is 18.4 Å². The number of rotatable bonds is 10. The summed E-state index contributed by atoms with van der Waals surface area (Å²) in [5.74, 6) is -3.20. The normalized spacial score (nSPS) is 35.5. The van der Waals surface area contributed by atoms with Crippen LogP contribution in [0.2, 0.25) is 0 Å². The largest absolute Gasteiger partial charge is 0.493 e. The number of nitrogens with two attached hydrogens (primary N) is 1. The third kappa shape index (κ3) is 6.43. The Labute approximate surface area is 333 Å². The first-order valence-electron chi connectivity index (χ1n) is 19.8. The van der Waals surface area contributed by atoms with Gasteiger partial charge in [-0.2, -0.15) is 0 Å². The first-order valence-corrected chi connectivity index (χ1v) is 19.8. The zero-order valence-electron chi connectivity index (χ0n) is 33.3. The Kier molecular flexibility index (Phi) is 10.0. The number of amides is 1. The number of piperazine rings is 1. The van der Waals surface area contributed by atoms with Crippen LogP contribution in [0.3, 0.4) is 0 Å². The van der Waals surface area contributed by atoms with E-state index in [1.54, 1.807) is 36.1 Å². The van der Waals surface area contributed by atoms with Crippen molar-refractivity contribution in [1.29, 1.82) is 0 Å². The van der Waals surface area contributed by atoms with E-state index in [1.165, 1.54) is 7.11 Å². The van der Waals surface area contributed by atoms with Crippen molar-refractivity contribution >= 4 is 17.8 Å². The molecule has 13 heteroatoms. The smallest absolute Gasteiger partial charge is 0.415 e. The third-order valence-electron chi connectivity index (χ3n) is 13.1. The van der Waals surface area contributed by atoms with Crippen LogP contribution in [0.25, 0.3) is 0 Å². The molecule has 4 fully saturated rings. The quantitative estimate of drug-likeness (QED) is 0.263. The van der Waals surface area contributed by atoms with E-state index >= 15 is 0 Å². The molecule has 9 atom stereocenters. The van der Waals surface area contributed by atoms with Gasteiger partial charge in [-0.1, -0.05) is 56.0 Å². The SMILES string of the molecule is C=C(C)[C@]12C[C@@H](C)[C@@]34O[C@](Cc5ccccc5)(O[C@@H]1[C@@H]3CC(COC(=O)Cc1ccc(OC(=O)N3CCN(C)CC3CN)c(OC)c1)=C[C@]1(O)C(=O)C(C)=C[C@@H]41)O2. The van der Waals surface area contributed by atoms with Gasteiger partial charge in [0.1, 0.15) is 18.3 Å². The number of Topliss-reactive ketones (excluding diaryl/α,β-unsaturated/α-hetero) is 1. The van der Waals surface area contributed by atoms with Gasteiger partial charge >= 0.3 is 12.1 Å². The molecule has 304 valence electrons. The number of esters is 1. The van der Waals surface area contributed by atoms with Crippen molar-refractivity contribution < 1.29 is 47.9 Å². The summed E-state index contributed by atoms with van der Waals surface area (Å²) in [6.45, 7) is 12.1. The van der Waals surface area contributed by atoms with Crippen LogP contribution in [0.4, 0.5) is 4.79 Å². The van der Waals surface area contributed by atoms with E-state index in [4.69, 9.17) is 34.2 Å². The highest BCUT2D eigenvalue weighted by atomic mass is 16.9. The predicted octanol–water partition coefficient (Wildman–Crippen LogP) is 4.11. The van der Waals surface area contributed by atoms with Gasteiger partial charge in [0.05, 0.1) is 31.6 Å². The molecule has 3 saturated heterocycles. The highest BCUT2D eigenvalue weighted by molar-refractivity contribution is 6.06. The van der Waals surface area contributed by atoms with Gasteiger partial charge < -0.3 is 49.1 Å². The topological polar surface area (TPSA) is 159 Å². The summed E-state index contributed by atoms with van der Waals surface area (Å²) in [6.07, 6.45) is 3.47. The highest BCUT2D eigenvalue weighted by Gasteiger charge is 2.79. The van der Waals surface area contributed by atoms with E-state index < -0.39 is 52.6 Å². The fraction of sp³-hybridized carbons (Fsp3) is 0.523. The number of carbonyl (C=O) groups is 3. The molecule has 1 saturated carbocycles. The Morgan fingerprint density at radius 1 is 1.09 bits per heavy atom. The Morgan fingerprint density at radius 2 is 1.86 bits per heavy atom. The Bertz CT molecular complexity index is 2040. The zero-order valence-corrected chi connectivity index (χ0v) is 33.3. The third-order valence-corrected chi connectivity index (χ3v) is 13.1. The summed E-state index contributed by atoms with van der Waals surface area (Å²) < 4.78 is 38.2. The minimum Gasteiger partial charge on any atom is -0.493 e. The molecule has 3 N–H and O–H groups in total. The van der Waals surface area contributed by atoms with E-state index in [1.807, 2.05) is 50.4 Å². The first-order chi connectivity index (χ1) is 27.2. The first kappa shape index (κ1) is 39.5. The van der Waals surface area contributed by atoms with Crippen molar-refractivity contribution in [3.63, 3.8) is 0 Å². The molecular formula is C44H53N3O10. The number of fused-ring (bicyclic) bond motifs is 2. The number of ether oxygens (including phenoxy) is 6. The molecular weight excluding hydrogens is 730 g/mol. The minimum atomic E-state index is -1.93. The van der Waals surface area contributed by atoms with Crippen LogP contribution < -0.4 is 15.2 Å². The van der Waals surface area contributed by atoms with Crippen molar-refractivity contribution in [1.82, 2.24) is 9.80 Å². The number of ketones is 1. The Balaban J connectivity index is 1.02.